The maximum absolute atomic E-state index is 10.6. The number of thiazole rings is 1. The van der Waals surface area contributed by atoms with Gasteiger partial charge in [-0.25, -0.2) is 9.78 Å². The van der Waals surface area contributed by atoms with E-state index in [4.69, 9.17) is 5.11 Å². The number of hydrogen-bond donors (Lipinski definition) is 2. The molecule has 1 aromatic rings. The molecule has 5 heteroatoms. The zero-order chi connectivity index (χ0) is 10.6. The Kier molecular flexibility index (Phi) is 3.88. The van der Waals surface area contributed by atoms with Crippen molar-refractivity contribution >= 4 is 22.4 Å². The summed E-state index contributed by atoms with van der Waals surface area (Å²) >= 11 is 1.17. The molecule has 1 unspecified atom stereocenters. The zero-order valence-electron chi connectivity index (χ0n) is 8.28. The summed E-state index contributed by atoms with van der Waals surface area (Å²) in [5.74, 6) is -0.341. The summed E-state index contributed by atoms with van der Waals surface area (Å²) in [6.45, 7) is 5.10. The van der Waals surface area contributed by atoms with Crippen molar-refractivity contribution in [3.63, 3.8) is 0 Å². The first-order valence-corrected chi connectivity index (χ1v) is 5.38. The van der Waals surface area contributed by atoms with Crippen molar-refractivity contribution < 1.29 is 9.90 Å². The summed E-state index contributed by atoms with van der Waals surface area (Å²) < 4.78 is 0. The number of rotatable bonds is 5. The van der Waals surface area contributed by atoms with Crippen molar-refractivity contribution in [2.24, 2.45) is 5.92 Å². The molecular weight excluding hydrogens is 200 g/mol. The number of carbonyl (C=O) groups is 1. The molecule has 14 heavy (non-hydrogen) atoms. The van der Waals surface area contributed by atoms with Crippen LogP contribution in [0.2, 0.25) is 0 Å². The van der Waals surface area contributed by atoms with Gasteiger partial charge in [-0.05, 0) is 5.92 Å². The van der Waals surface area contributed by atoms with Crippen LogP contribution in [0.15, 0.2) is 6.20 Å². The summed E-state index contributed by atoms with van der Waals surface area (Å²) in [5.41, 5.74) is 0. The number of carboxylic acid groups (broad SMARTS) is 1. The van der Waals surface area contributed by atoms with E-state index >= 15 is 0 Å². The average molecular weight is 214 g/mol. The van der Waals surface area contributed by atoms with Crippen LogP contribution in [0.25, 0.3) is 0 Å². The number of carboxylic acids is 1. The molecule has 0 bridgehead atoms. The van der Waals surface area contributed by atoms with E-state index in [2.05, 4.69) is 24.1 Å². The third-order valence-electron chi connectivity index (χ3n) is 2.02. The Bertz CT molecular complexity index is 312. The van der Waals surface area contributed by atoms with Gasteiger partial charge in [-0.2, -0.15) is 0 Å². The van der Waals surface area contributed by atoms with E-state index in [0.717, 1.165) is 13.0 Å². The van der Waals surface area contributed by atoms with E-state index < -0.39 is 5.97 Å². The van der Waals surface area contributed by atoms with E-state index in [1.807, 2.05) is 0 Å². The van der Waals surface area contributed by atoms with Gasteiger partial charge < -0.3 is 10.4 Å². The topological polar surface area (TPSA) is 62.2 Å². The van der Waals surface area contributed by atoms with Gasteiger partial charge in [0, 0.05) is 6.54 Å². The Morgan fingerprint density at radius 1 is 1.79 bits per heavy atom. The molecule has 1 heterocycles. The lowest BCUT2D eigenvalue weighted by Gasteiger charge is -2.07. The molecule has 0 spiro atoms. The van der Waals surface area contributed by atoms with Crippen LogP contribution >= 0.6 is 11.3 Å². The van der Waals surface area contributed by atoms with Crippen LogP contribution in [0.1, 0.15) is 29.9 Å². The predicted octanol–water partition coefficient (Wildman–Crippen LogP) is 2.30. The van der Waals surface area contributed by atoms with Crippen molar-refractivity contribution in [1.29, 1.82) is 0 Å². The minimum Gasteiger partial charge on any atom is -0.477 e. The van der Waals surface area contributed by atoms with Gasteiger partial charge in [0.1, 0.15) is 4.88 Å². The first-order chi connectivity index (χ1) is 6.63. The maximum Gasteiger partial charge on any atom is 0.347 e. The van der Waals surface area contributed by atoms with Gasteiger partial charge in [0.2, 0.25) is 0 Å². The predicted molar refractivity (Wildman–Crippen MR) is 57.0 cm³/mol. The van der Waals surface area contributed by atoms with Gasteiger partial charge in [-0.1, -0.05) is 31.6 Å². The number of anilines is 1. The zero-order valence-corrected chi connectivity index (χ0v) is 9.10. The summed E-state index contributed by atoms with van der Waals surface area (Å²) in [6.07, 6.45) is 2.48. The first kappa shape index (κ1) is 11.0. The lowest BCUT2D eigenvalue weighted by Crippen LogP contribution is -2.09. The molecular formula is C9H14N2O2S. The van der Waals surface area contributed by atoms with E-state index in [1.54, 1.807) is 0 Å². The average Bonchev–Trinajstić information content (AvgIpc) is 2.62. The quantitative estimate of drug-likeness (QED) is 0.789. The van der Waals surface area contributed by atoms with Crippen molar-refractivity contribution in [2.45, 2.75) is 20.3 Å². The van der Waals surface area contributed by atoms with Gasteiger partial charge in [0.25, 0.3) is 0 Å². The van der Waals surface area contributed by atoms with Crippen LogP contribution in [-0.4, -0.2) is 22.6 Å². The van der Waals surface area contributed by atoms with E-state index in [9.17, 15) is 4.79 Å². The highest BCUT2D eigenvalue weighted by Crippen LogP contribution is 2.18. The van der Waals surface area contributed by atoms with Gasteiger partial charge >= 0.3 is 5.97 Å². The number of aromatic nitrogens is 1. The molecule has 0 aliphatic carbocycles. The molecule has 2 N–H and O–H groups in total. The molecule has 4 nitrogen and oxygen atoms in total. The van der Waals surface area contributed by atoms with Crippen LogP contribution in [0.3, 0.4) is 0 Å². The van der Waals surface area contributed by atoms with E-state index in [-0.39, 0.29) is 4.88 Å². The molecule has 1 rings (SSSR count). The highest BCUT2D eigenvalue weighted by Gasteiger charge is 2.08. The second-order valence-corrected chi connectivity index (χ2v) is 4.26. The Morgan fingerprint density at radius 2 is 2.50 bits per heavy atom. The Hall–Kier alpha value is -1.10. The van der Waals surface area contributed by atoms with Gasteiger partial charge in [-0.3, -0.25) is 0 Å². The minimum atomic E-state index is -0.918. The Labute approximate surface area is 87.0 Å². The van der Waals surface area contributed by atoms with Crippen LogP contribution in [0.4, 0.5) is 5.13 Å². The molecule has 0 fully saturated rings. The number of aromatic carboxylic acids is 1. The third-order valence-corrected chi connectivity index (χ3v) is 2.96. The number of nitrogens with zero attached hydrogens (tertiary/aromatic N) is 1. The highest BCUT2D eigenvalue weighted by molar-refractivity contribution is 7.17. The number of nitrogens with one attached hydrogen (secondary N) is 1. The summed E-state index contributed by atoms with van der Waals surface area (Å²) in [4.78, 5) is 14.8. The molecule has 0 saturated heterocycles. The maximum atomic E-state index is 10.6. The normalized spacial score (nSPS) is 12.4. The van der Waals surface area contributed by atoms with Gasteiger partial charge in [-0.15, -0.1) is 0 Å². The van der Waals surface area contributed by atoms with Crippen molar-refractivity contribution in [1.82, 2.24) is 4.98 Å². The second-order valence-electron chi connectivity index (χ2n) is 3.23. The highest BCUT2D eigenvalue weighted by atomic mass is 32.1. The molecule has 0 saturated carbocycles. The SMILES string of the molecule is CCC(C)CNc1ncc(C(=O)O)s1. The Balaban J connectivity index is 2.48. The van der Waals surface area contributed by atoms with Gasteiger partial charge in [0.15, 0.2) is 5.13 Å². The summed E-state index contributed by atoms with van der Waals surface area (Å²) in [7, 11) is 0. The number of hydrogen-bond acceptors (Lipinski definition) is 4. The summed E-state index contributed by atoms with van der Waals surface area (Å²) in [5, 5.41) is 12.5. The largest absolute Gasteiger partial charge is 0.477 e. The fourth-order valence-corrected chi connectivity index (χ4v) is 1.52. The molecule has 1 aromatic heterocycles. The molecule has 0 aliphatic rings. The van der Waals surface area contributed by atoms with Crippen molar-refractivity contribution in [3.05, 3.63) is 11.1 Å². The summed E-state index contributed by atoms with van der Waals surface area (Å²) in [6, 6.07) is 0. The van der Waals surface area contributed by atoms with Crippen LogP contribution in [-0.2, 0) is 0 Å². The van der Waals surface area contributed by atoms with Crippen LogP contribution < -0.4 is 5.32 Å². The van der Waals surface area contributed by atoms with Crippen molar-refractivity contribution in [2.75, 3.05) is 11.9 Å². The molecule has 78 valence electrons. The van der Waals surface area contributed by atoms with Crippen LogP contribution in [0, 0.1) is 5.92 Å². The smallest absolute Gasteiger partial charge is 0.347 e. The van der Waals surface area contributed by atoms with Crippen LogP contribution in [0.5, 0.6) is 0 Å². The lowest BCUT2D eigenvalue weighted by atomic mass is 10.1. The molecule has 0 aliphatic heterocycles. The second kappa shape index (κ2) is 4.95. The monoisotopic (exact) mass is 214 g/mol. The minimum absolute atomic E-state index is 0.275. The van der Waals surface area contributed by atoms with Gasteiger partial charge in [0.05, 0.1) is 6.20 Å². The van der Waals surface area contributed by atoms with Crippen molar-refractivity contribution in [3.8, 4) is 0 Å². The first-order valence-electron chi connectivity index (χ1n) is 4.56. The fraction of sp³-hybridized carbons (Fsp3) is 0.556. The molecule has 0 radical (unpaired) electrons. The fourth-order valence-electron chi connectivity index (χ4n) is 0.861. The molecule has 1 atom stereocenters. The lowest BCUT2D eigenvalue weighted by molar-refractivity contribution is 0.0702. The standard InChI is InChI=1S/C9H14N2O2S/c1-3-6(2)4-10-9-11-5-7(14-9)8(12)13/h5-6H,3-4H2,1-2H3,(H,10,11)(H,12,13). The Morgan fingerprint density at radius 3 is 3.00 bits per heavy atom. The third kappa shape index (κ3) is 2.99. The van der Waals surface area contributed by atoms with E-state index in [0.29, 0.717) is 11.0 Å². The molecule has 0 amide bonds. The molecule has 0 aromatic carbocycles. The van der Waals surface area contributed by atoms with E-state index in [1.165, 1.54) is 17.5 Å².